The van der Waals surface area contributed by atoms with Gasteiger partial charge in [0.05, 0.1) is 13.2 Å². The van der Waals surface area contributed by atoms with Gasteiger partial charge in [-0.3, -0.25) is 0 Å². The van der Waals surface area contributed by atoms with Crippen molar-refractivity contribution in [3.05, 3.63) is 0 Å². The van der Waals surface area contributed by atoms with Crippen molar-refractivity contribution in [3.63, 3.8) is 0 Å². The zero-order valence-electron chi connectivity index (χ0n) is 5.27. The molecular formula is C6H10INO. The molecule has 0 aromatic carbocycles. The van der Waals surface area contributed by atoms with Crippen molar-refractivity contribution in [1.29, 1.82) is 0 Å². The topological polar surface area (TPSA) is 12.5 Å². The third-order valence-electron chi connectivity index (χ3n) is 2.21. The Morgan fingerprint density at radius 2 is 2.22 bits per heavy atom. The van der Waals surface area contributed by atoms with Gasteiger partial charge in [0.25, 0.3) is 0 Å². The molecule has 2 rings (SSSR count). The summed E-state index contributed by atoms with van der Waals surface area (Å²) in [7, 11) is 0. The molecule has 52 valence electrons. The quantitative estimate of drug-likeness (QED) is 0.463. The van der Waals surface area contributed by atoms with Gasteiger partial charge in [-0.25, -0.2) is 3.11 Å². The fourth-order valence-electron chi connectivity index (χ4n) is 1.51. The van der Waals surface area contributed by atoms with Crippen LogP contribution in [0.1, 0.15) is 6.42 Å². The second-order valence-corrected chi connectivity index (χ2v) is 4.45. The lowest BCUT2D eigenvalue weighted by molar-refractivity contribution is -0.101. The summed E-state index contributed by atoms with van der Waals surface area (Å²) < 4.78 is 7.54. The van der Waals surface area contributed by atoms with E-state index in [-0.39, 0.29) is 0 Å². The molecule has 2 aliphatic rings. The summed E-state index contributed by atoms with van der Waals surface area (Å²) in [5.41, 5.74) is 0.585. The fourth-order valence-corrected chi connectivity index (χ4v) is 2.47. The Morgan fingerprint density at radius 1 is 1.44 bits per heavy atom. The molecule has 2 heterocycles. The van der Waals surface area contributed by atoms with Crippen LogP contribution in [0.3, 0.4) is 0 Å². The molecule has 0 atom stereocenters. The van der Waals surface area contributed by atoms with Crippen molar-refractivity contribution in [2.24, 2.45) is 5.41 Å². The minimum absolute atomic E-state index is 0.585. The van der Waals surface area contributed by atoms with E-state index in [2.05, 4.69) is 26.0 Å². The van der Waals surface area contributed by atoms with Crippen molar-refractivity contribution in [3.8, 4) is 0 Å². The predicted octanol–water partition coefficient (Wildman–Crippen LogP) is 1.06. The van der Waals surface area contributed by atoms with Crippen LogP contribution in [-0.2, 0) is 4.74 Å². The number of nitrogens with zero attached hydrogens (tertiary/aromatic N) is 1. The van der Waals surface area contributed by atoms with Gasteiger partial charge in [-0.15, -0.1) is 0 Å². The SMILES string of the molecule is IN1CCC2(COC2)C1. The van der Waals surface area contributed by atoms with Gasteiger partial charge in [-0.1, -0.05) is 0 Å². The van der Waals surface area contributed by atoms with Gasteiger partial charge >= 0.3 is 0 Å². The number of hydrogen-bond donors (Lipinski definition) is 0. The zero-order valence-corrected chi connectivity index (χ0v) is 7.43. The summed E-state index contributed by atoms with van der Waals surface area (Å²) >= 11 is 2.39. The molecule has 2 saturated heterocycles. The van der Waals surface area contributed by atoms with E-state index < -0.39 is 0 Å². The Kier molecular flexibility index (Phi) is 1.46. The molecule has 0 aromatic rings. The average molecular weight is 239 g/mol. The van der Waals surface area contributed by atoms with E-state index in [9.17, 15) is 0 Å². The fraction of sp³-hybridized carbons (Fsp3) is 1.00. The van der Waals surface area contributed by atoms with Crippen LogP contribution in [0.2, 0.25) is 0 Å². The maximum absolute atomic E-state index is 5.18. The van der Waals surface area contributed by atoms with Crippen LogP contribution in [0.15, 0.2) is 0 Å². The molecular weight excluding hydrogens is 229 g/mol. The van der Waals surface area contributed by atoms with E-state index in [4.69, 9.17) is 4.74 Å². The smallest absolute Gasteiger partial charge is 0.0557 e. The summed E-state index contributed by atoms with van der Waals surface area (Å²) in [6.45, 7) is 4.51. The van der Waals surface area contributed by atoms with E-state index in [1.165, 1.54) is 19.5 Å². The Bertz CT molecular complexity index is 124. The first-order chi connectivity index (χ1) is 4.31. The number of halogens is 1. The maximum atomic E-state index is 5.18. The standard InChI is InChI=1S/C6H10INO/c7-8-2-1-6(3-8)4-9-5-6/h1-5H2. The molecule has 9 heavy (non-hydrogen) atoms. The molecule has 0 N–H and O–H groups in total. The van der Waals surface area contributed by atoms with Gasteiger partial charge in [0.15, 0.2) is 0 Å². The number of rotatable bonds is 0. The summed E-state index contributed by atoms with van der Waals surface area (Å²) in [6.07, 6.45) is 1.34. The predicted molar refractivity (Wildman–Crippen MR) is 43.5 cm³/mol. The molecule has 0 aliphatic carbocycles. The maximum Gasteiger partial charge on any atom is 0.0557 e. The molecule has 0 unspecified atom stereocenters. The molecule has 0 amide bonds. The highest BCUT2D eigenvalue weighted by molar-refractivity contribution is 14.1. The monoisotopic (exact) mass is 239 g/mol. The van der Waals surface area contributed by atoms with E-state index in [1.807, 2.05) is 0 Å². The van der Waals surface area contributed by atoms with E-state index >= 15 is 0 Å². The van der Waals surface area contributed by atoms with Gasteiger partial charge in [-0.2, -0.15) is 0 Å². The van der Waals surface area contributed by atoms with Crippen molar-refractivity contribution < 1.29 is 4.74 Å². The van der Waals surface area contributed by atoms with Crippen molar-refractivity contribution >= 4 is 22.9 Å². The Morgan fingerprint density at radius 3 is 2.44 bits per heavy atom. The summed E-state index contributed by atoms with van der Waals surface area (Å²) in [4.78, 5) is 0. The summed E-state index contributed by atoms with van der Waals surface area (Å²) in [5, 5.41) is 0. The highest BCUT2D eigenvalue weighted by atomic mass is 127. The van der Waals surface area contributed by atoms with Crippen LogP contribution in [0.4, 0.5) is 0 Å². The lowest BCUT2D eigenvalue weighted by Gasteiger charge is -2.37. The first-order valence-electron chi connectivity index (χ1n) is 3.29. The van der Waals surface area contributed by atoms with Crippen molar-refractivity contribution in [2.75, 3.05) is 26.3 Å². The van der Waals surface area contributed by atoms with E-state index in [1.54, 1.807) is 0 Å². The molecule has 2 fully saturated rings. The molecule has 2 aliphatic heterocycles. The Balaban J connectivity index is 1.99. The third kappa shape index (κ3) is 0.991. The first-order valence-corrected chi connectivity index (χ1v) is 4.26. The second-order valence-electron chi connectivity index (χ2n) is 3.09. The lowest BCUT2D eigenvalue weighted by atomic mass is 9.86. The van der Waals surface area contributed by atoms with Gasteiger partial charge in [-0.05, 0) is 6.42 Å². The summed E-state index contributed by atoms with van der Waals surface area (Å²) in [6, 6.07) is 0. The van der Waals surface area contributed by atoms with E-state index in [0.29, 0.717) is 5.41 Å². The Hall–Kier alpha value is 0.650. The third-order valence-corrected chi connectivity index (χ3v) is 3.03. The van der Waals surface area contributed by atoms with Crippen molar-refractivity contribution in [2.45, 2.75) is 6.42 Å². The van der Waals surface area contributed by atoms with Crippen LogP contribution in [0, 0.1) is 5.41 Å². The lowest BCUT2D eigenvalue weighted by Crippen LogP contribution is -2.43. The minimum Gasteiger partial charge on any atom is -0.380 e. The van der Waals surface area contributed by atoms with Crippen LogP contribution >= 0.6 is 22.9 Å². The highest BCUT2D eigenvalue weighted by Crippen LogP contribution is 2.38. The molecule has 0 radical (unpaired) electrons. The Labute approximate surface area is 69.0 Å². The van der Waals surface area contributed by atoms with Gasteiger partial charge < -0.3 is 4.74 Å². The first kappa shape index (κ1) is 6.37. The molecule has 2 nitrogen and oxygen atoms in total. The normalized spacial score (nSPS) is 33.0. The van der Waals surface area contributed by atoms with Crippen molar-refractivity contribution in [1.82, 2.24) is 3.11 Å². The second kappa shape index (κ2) is 2.07. The van der Waals surface area contributed by atoms with Gasteiger partial charge in [0.1, 0.15) is 0 Å². The number of ether oxygens (including phenoxy) is 1. The number of hydrogen-bond acceptors (Lipinski definition) is 2. The van der Waals surface area contributed by atoms with Crippen LogP contribution in [-0.4, -0.2) is 29.4 Å². The van der Waals surface area contributed by atoms with Crippen LogP contribution in [0.5, 0.6) is 0 Å². The minimum atomic E-state index is 0.585. The average Bonchev–Trinajstić information content (AvgIpc) is 2.09. The van der Waals surface area contributed by atoms with Gasteiger partial charge in [0.2, 0.25) is 0 Å². The highest BCUT2D eigenvalue weighted by Gasteiger charge is 2.43. The van der Waals surface area contributed by atoms with E-state index in [0.717, 1.165) is 13.2 Å². The summed E-state index contributed by atoms with van der Waals surface area (Å²) in [5.74, 6) is 0. The largest absolute Gasteiger partial charge is 0.380 e. The molecule has 0 bridgehead atoms. The molecule has 0 aromatic heterocycles. The zero-order chi connectivity index (χ0) is 6.32. The van der Waals surface area contributed by atoms with Gasteiger partial charge in [0, 0.05) is 41.4 Å². The molecule has 0 saturated carbocycles. The van der Waals surface area contributed by atoms with Crippen LogP contribution < -0.4 is 0 Å². The molecule has 3 heteroatoms. The molecule has 1 spiro atoms. The van der Waals surface area contributed by atoms with Crippen LogP contribution in [0.25, 0.3) is 0 Å².